The highest BCUT2D eigenvalue weighted by molar-refractivity contribution is 5.89. The molecular formula is C44H33N. The summed E-state index contributed by atoms with van der Waals surface area (Å²) in [4.78, 5) is 2.36. The molecule has 0 bridgehead atoms. The molecule has 7 aromatic rings. The van der Waals surface area contributed by atoms with Crippen LogP contribution < -0.4 is 4.90 Å². The monoisotopic (exact) mass is 575 g/mol. The standard InChI is InChI=1S/C44H33N/c1-4-12-34(13-5-1)20-21-35-22-30-41(31-23-35)45(44-19-11-10-18-43(44)40-16-8-3-9-17-40)42-32-28-39(29-33-42)38-26-24-37(25-27-38)36-14-6-2-7-15-36/h1-33H/b21-20+. The predicted molar refractivity (Wildman–Crippen MR) is 193 cm³/mol. The first-order valence-corrected chi connectivity index (χ1v) is 15.4. The van der Waals surface area contributed by atoms with E-state index in [0.29, 0.717) is 0 Å². The van der Waals surface area contributed by atoms with Crippen LogP contribution in [0.25, 0.3) is 45.5 Å². The second-order valence-electron chi connectivity index (χ2n) is 11.0. The topological polar surface area (TPSA) is 3.24 Å². The Balaban J connectivity index is 1.24. The zero-order valence-electron chi connectivity index (χ0n) is 25.0. The Labute approximate surface area is 266 Å². The Morgan fingerprint density at radius 2 is 0.667 bits per heavy atom. The van der Waals surface area contributed by atoms with Gasteiger partial charge in [-0.25, -0.2) is 0 Å². The average molecular weight is 576 g/mol. The fraction of sp³-hybridized carbons (Fsp3) is 0. The summed E-state index contributed by atoms with van der Waals surface area (Å²) in [6.07, 6.45) is 4.32. The summed E-state index contributed by atoms with van der Waals surface area (Å²) >= 11 is 0. The summed E-state index contributed by atoms with van der Waals surface area (Å²) in [6.45, 7) is 0. The third-order valence-corrected chi connectivity index (χ3v) is 8.10. The molecule has 1 heteroatoms. The lowest BCUT2D eigenvalue weighted by Crippen LogP contribution is -2.11. The minimum atomic E-state index is 1.11. The molecule has 214 valence electrons. The van der Waals surface area contributed by atoms with Gasteiger partial charge in [0.15, 0.2) is 0 Å². The first-order valence-electron chi connectivity index (χ1n) is 15.4. The van der Waals surface area contributed by atoms with E-state index in [2.05, 4.69) is 199 Å². The number of anilines is 3. The van der Waals surface area contributed by atoms with Crippen LogP contribution in [0.5, 0.6) is 0 Å². The summed E-state index contributed by atoms with van der Waals surface area (Å²) in [6, 6.07) is 66.7. The minimum Gasteiger partial charge on any atom is -0.310 e. The highest BCUT2D eigenvalue weighted by Crippen LogP contribution is 2.41. The van der Waals surface area contributed by atoms with Gasteiger partial charge in [-0.1, -0.05) is 170 Å². The van der Waals surface area contributed by atoms with E-state index >= 15 is 0 Å². The highest BCUT2D eigenvalue weighted by Gasteiger charge is 2.17. The van der Waals surface area contributed by atoms with Gasteiger partial charge in [-0.05, 0) is 69.3 Å². The van der Waals surface area contributed by atoms with Crippen LogP contribution in [-0.2, 0) is 0 Å². The third kappa shape index (κ3) is 6.39. The van der Waals surface area contributed by atoms with Gasteiger partial charge in [0.1, 0.15) is 0 Å². The van der Waals surface area contributed by atoms with E-state index in [-0.39, 0.29) is 0 Å². The fourth-order valence-corrected chi connectivity index (χ4v) is 5.74. The summed E-state index contributed by atoms with van der Waals surface area (Å²) in [5.41, 5.74) is 12.9. The Morgan fingerprint density at radius 3 is 1.22 bits per heavy atom. The third-order valence-electron chi connectivity index (χ3n) is 8.10. The van der Waals surface area contributed by atoms with Crippen molar-refractivity contribution >= 4 is 29.2 Å². The molecule has 0 unspecified atom stereocenters. The summed E-state index contributed by atoms with van der Waals surface area (Å²) in [7, 11) is 0. The van der Waals surface area contributed by atoms with Crippen LogP contribution in [0.15, 0.2) is 188 Å². The van der Waals surface area contributed by atoms with Crippen molar-refractivity contribution in [3.05, 3.63) is 199 Å². The molecule has 0 saturated carbocycles. The average Bonchev–Trinajstić information content (AvgIpc) is 3.13. The van der Waals surface area contributed by atoms with Gasteiger partial charge >= 0.3 is 0 Å². The van der Waals surface area contributed by atoms with Gasteiger partial charge in [-0.3, -0.25) is 0 Å². The quantitative estimate of drug-likeness (QED) is 0.163. The van der Waals surface area contributed by atoms with Crippen LogP contribution in [0.2, 0.25) is 0 Å². The molecule has 0 spiro atoms. The maximum atomic E-state index is 2.36. The highest BCUT2D eigenvalue weighted by atomic mass is 15.1. The van der Waals surface area contributed by atoms with Gasteiger partial charge < -0.3 is 4.90 Å². The smallest absolute Gasteiger partial charge is 0.0540 e. The van der Waals surface area contributed by atoms with Crippen molar-refractivity contribution in [2.45, 2.75) is 0 Å². The molecule has 7 rings (SSSR count). The van der Waals surface area contributed by atoms with Crippen LogP contribution in [0.4, 0.5) is 17.1 Å². The SMILES string of the molecule is C(=C\c1ccc(N(c2ccc(-c3ccc(-c4ccccc4)cc3)cc2)c2ccccc2-c2ccccc2)cc1)/c1ccccc1. The van der Waals surface area contributed by atoms with E-state index in [0.717, 1.165) is 22.6 Å². The molecule has 0 radical (unpaired) electrons. The fourth-order valence-electron chi connectivity index (χ4n) is 5.74. The zero-order valence-corrected chi connectivity index (χ0v) is 25.0. The number of hydrogen-bond donors (Lipinski definition) is 0. The molecule has 0 N–H and O–H groups in total. The molecule has 0 aromatic heterocycles. The van der Waals surface area contributed by atoms with Crippen LogP contribution in [0.3, 0.4) is 0 Å². The van der Waals surface area contributed by atoms with Crippen LogP contribution in [0.1, 0.15) is 11.1 Å². The molecule has 0 atom stereocenters. The largest absolute Gasteiger partial charge is 0.310 e. The molecule has 45 heavy (non-hydrogen) atoms. The van der Waals surface area contributed by atoms with Gasteiger partial charge in [0.05, 0.1) is 5.69 Å². The van der Waals surface area contributed by atoms with Crippen molar-refractivity contribution < 1.29 is 0 Å². The zero-order chi connectivity index (χ0) is 30.3. The molecule has 0 saturated heterocycles. The Kier molecular flexibility index (Phi) is 8.15. The predicted octanol–water partition coefficient (Wildman–Crippen LogP) is 12.3. The minimum absolute atomic E-state index is 1.11. The summed E-state index contributed by atoms with van der Waals surface area (Å²) in [5.74, 6) is 0. The first-order chi connectivity index (χ1) is 22.3. The number of benzene rings is 7. The van der Waals surface area contributed by atoms with E-state index < -0.39 is 0 Å². The normalized spacial score (nSPS) is 11.0. The van der Waals surface area contributed by atoms with Crippen molar-refractivity contribution in [1.29, 1.82) is 0 Å². The van der Waals surface area contributed by atoms with E-state index in [9.17, 15) is 0 Å². The van der Waals surface area contributed by atoms with Crippen LogP contribution in [-0.4, -0.2) is 0 Å². The van der Waals surface area contributed by atoms with Gasteiger partial charge in [-0.15, -0.1) is 0 Å². The lowest BCUT2D eigenvalue weighted by Gasteiger charge is -2.28. The van der Waals surface area contributed by atoms with E-state index in [1.807, 2.05) is 6.07 Å². The molecule has 0 amide bonds. The van der Waals surface area contributed by atoms with E-state index in [1.54, 1.807) is 0 Å². The van der Waals surface area contributed by atoms with Gasteiger partial charge in [0.2, 0.25) is 0 Å². The molecule has 0 heterocycles. The Morgan fingerprint density at radius 1 is 0.289 bits per heavy atom. The summed E-state index contributed by atoms with van der Waals surface area (Å²) in [5, 5.41) is 0. The number of rotatable bonds is 8. The molecule has 0 aliphatic rings. The van der Waals surface area contributed by atoms with Crippen molar-refractivity contribution in [3.63, 3.8) is 0 Å². The first kappa shape index (κ1) is 27.9. The lowest BCUT2D eigenvalue weighted by atomic mass is 9.99. The molecule has 0 fully saturated rings. The van der Waals surface area contributed by atoms with E-state index in [4.69, 9.17) is 0 Å². The molecule has 7 aromatic carbocycles. The summed E-state index contributed by atoms with van der Waals surface area (Å²) < 4.78 is 0. The van der Waals surface area contributed by atoms with Gasteiger partial charge in [0, 0.05) is 16.9 Å². The molecule has 1 nitrogen and oxygen atoms in total. The number of nitrogens with zero attached hydrogens (tertiary/aromatic N) is 1. The second-order valence-corrected chi connectivity index (χ2v) is 11.0. The lowest BCUT2D eigenvalue weighted by molar-refractivity contribution is 1.28. The van der Waals surface area contributed by atoms with Crippen molar-refractivity contribution in [3.8, 4) is 33.4 Å². The van der Waals surface area contributed by atoms with Crippen molar-refractivity contribution in [1.82, 2.24) is 0 Å². The molecule has 0 aliphatic heterocycles. The molecule has 0 aliphatic carbocycles. The molecular weight excluding hydrogens is 542 g/mol. The Bertz CT molecular complexity index is 1990. The van der Waals surface area contributed by atoms with Gasteiger partial charge in [0.25, 0.3) is 0 Å². The number of hydrogen-bond acceptors (Lipinski definition) is 1. The maximum absolute atomic E-state index is 2.36. The van der Waals surface area contributed by atoms with Crippen molar-refractivity contribution in [2.24, 2.45) is 0 Å². The maximum Gasteiger partial charge on any atom is 0.0540 e. The van der Waals surface area contributed by atoms with Gasteiger partial charge in [-0.2, -0.15) is 0 Å². The van der Waals surface area contributed by atoms with Crippen LogP contribution >= 0.6 is 0 Å². The Hall–Kier alpha value is -5.92. The second kappa shape index (κ2) is 13.2. The van der Waals surface area contributed by atoms with E-state index in [1.165, 1.54) is 38.9 Å². The van der Waals surface area contributed by atoms with Crippen LogP contribution in [0, 0.1) is 0 Å². The number of para-hydroxylation sites is 1. The van der Waals surface area contributed by atoms with Crippen molar-refractivity contribution in [2.75, 3.05) is 4.90 Å².